The highest BCUT2D eigenvalue weighted by atomic mass is 32.1. The third-order valence-electron chi connectivity index (χ3n) is 2.26. The van der Waals surface area contributed by atoms with Crippen LogP contribution in [-0.4, -0.2) is 37.6 Å². The molecule has 3 nitrogen and oxygen atoms in total. The summed E-state index contributed by atoms with van der Waals surface area (Å²) in [6.07, 6.45) is 0. The van der Waals surface area contributed by atoms with Gasteiger partial charge in [-0.2, -0.15) is 0 Å². The van der Waals surface area contributed by atoms with Crippen LogP contribution in [0.2, 0.25) is 0 Å². The number of nitrogens with zero attached hydrogens (tertiary/aromatic N) is 1. The zero-order valence-electron chi connectivity index (χ0n) is 9.64. The van der Waals surface area contributed by atoms with Crippen molar-refractivity contribution in [1.82, 2.24) is 4.90 Å². The minimum absolute atomic E-state index is 0.0229. The van der Waals surface area contributed by atoms with Crippen molar-refractivity contribution in [2.75, 3.05) is 26.8 Å². The van der Waals surface area contributed by atoms with Gasteiger partial charge in [-0.15, -0.1) is 12.6 Å². The van der Waals surface area contributed by atoms with Crippen molar-refractivity contribution >= 4 is 18.5 Å². The van der Waals surface area contributed by atoms with Gasteiger partial charge in [-0.25, -0.2) is 0 Å². The minimum Gasteiger partial charge on any atom is -0.380 e. The average molecular weight is 239 g/mol. The summed E-state index contributed by atoms with van der Waals surface area (Å²) >= 11 is 4.26. The zero-order valence-corrected chi connectivity index (χ0v) is 10.5. The highest BCUT2D eigenvalue weighted by molar-refractivity contribution is 7.80. The van der Waals surface area contributed by atoms with E-state index in [1.165, 1.54) is 0 Å². The van der Waals surface area contributed by atoms with Gasteiger partial charge in [-0.1, -0.05) is 12.1 Å². The van der Waals surface area contributed by atoms with E-state index in [1.54, 1.807) is 18.0 Å². The molecule has 0 unspecified atom stereocenters. The summed E-state index contributed by atoms with van der Waals surface area (Å²) in [5, 5.41) is 0. The van der Waals surface area contributed by atoms with Crippen molar-refractivity contribution in [2.24, 2.45) is 0 Å². The molecule has 0 radical (unpaired) electrons. The lowest BCUT2D eigenvalue weighted by molar-refractivity contribution is 0.0707. The third-order valence-corrected chi connectivity index (χ3v) is 2.65. The van der Waals surface area contributed by atoms with E-state index in [-0.39, 0.29) is 5.91 Å². The van der Waals surface area contributed by atoms with Crippen molar-refractivity contribution in [1.29, 1.82) is 0 Å². The normalized spacial score (nSPS) is 10.2. The van der Waals surface area contributed by atoms with Gasteiger partial charge < -0.3 is 9.64 Å². The van der Waals surface area contributed by atoms with Crippen LogP contribution in [0.1, 0.15) is 17.3 Å². The van der Waals surface area contributed by atoms with Gasteiger partial charge in [0, 0.05) is 25.1 Å². The lowest BCUT2D eigenvalue weighted by atomic mass is 10.2. The molecule has 0 bridgehead atoms. The molecule has 0 spiro atoms. The predicted octanol–water partition coefficient (Wildman–Crippen LogP) is 2.08. The Morgan fingerprint density at radius 1 is 1.44 bits per heavy atom. The maximum Gasteiger partial charge on any atom is 0.254 e. The van der Waals surface area contributed by atoms with Gasteiger partial charge in [-0.3, -0.25) is 4.79 Å². The van der Waals surface area contributed by atoms with Crippen LogP contribution in [0.4, 0.5) is 0 Å². The Bertz CT molecular complexity index is 355. The lowest BCUT2D eigenvalue weighted by Gasteiger charge is -2.17. The molecule has 1 aromatic carbocycles. The zero-order chi connectivity index (χ0) is 12.0. The van der Waals surface area contributed by atoms with Crippen molar-refractivity contribution < 1.29 is 9.53 Å². The number of hydrogen-bond donors (Lipinski definition) is 1. The number of amides is 1. The van der Waals surface area contributed by atoms with Gasteiger partial charge in [0.2, 0.25) is 0 Å². The number of likely N-dealkylation sites (N-methyl/N-ethyl adjacent to an activating group) is 1. The number of thiol groups is 1. The molecule has 0 aromatic heterocycles. The van der Waals surface area contributed by atoms with E-state index in [1.807, 2.05) is 25.1 Å². The summed E-state index contributed by atoms with van der Waals surface area (Å²) in [4.78, 5) is 14.3. The predicted molar refractivity (Wildman–Crippen MR) is 67.1 cm³/mol. The molecule has 16 heavy (non-hydrogen) atoms. The fraction of sp³-hybridized carbons (Fsp3) is 0.417. The Labute approximate surface area is 102 Å². The van der Waals surface area contributed by atoms with E-state index in [9.17, 15) is 4.79 Å². The molecule has 0 N–H and O–H groups in total. The molecule has 0 aliphatic rings. The Hall–Kier alpha value is -1.00. The van der Waals surface area contributed by atoms with Crippen molar-refractivity contribution in [3.8, 4) is 0 Å². The van der Waals surface area contributed by atoms with Crippen LogP contribution in [0.15, 0.2) is 29.2 Å². The summed E-state index contributed by atoms with van der Waals surface area (Å²) < 4.78 is 5.21. The monoisotopic (exact) mass is 239 g/mol. The van der Waals surface area contributed by atoms with Gasteiger partial charge in [0.05, 0.1) is 12.2 Å². The first-order valence-corrected chi connectivity index (χ1v) is 5.72. The Morgan fingerprint density at radius 2 is 2.12 bits per heavy atom. The van der Waals surface area contributed by atoms with Gasteiger partial charge in [0.15, 0.2) is 0 Å². The topological polar surface area (TPSA) is 29.5 Å². The first-order valence-electron chi connectivity index (χ1n) is 5.28. The second kappa shape index (κ2) is 6.55. The van der Waals surface area contributed by atoms with Gasteiger partial charge in [0.1, 0.15) is 0 Å². The first-order chi connectivity index (χ1) is 7.66. The Kier molecular flexibility index (Phi) is 5.35. The van der Waals surface area contributed by atoms with Gasteiger partial charge in [-0.05, 0) is 19.1 Å². The van der Waals surface area contributed by atoms with Gasteiger partial charge >= 0.3 is 0 Å². The van der Waals surface area contributed by atoms with E-state index in [0.717, 1.165) is 0 Å². The smallest absolute Gasteiger partial charge is 0.254 e. The molecule has 0 heterocycles. The summed E-state index contributed by atoms with van der Waals surface area (Å²) in [6, 6.07) is 7.29. The molecule has 0 aliphatic heterocycles. The highest BCUT2D eigenvalue weighted by Gasteiger charge is 2.13. The SMILES string of the molecule is CCOCCN(C)C(=O)c1ccccc1S. The molecule has 4 heteroatoms. The van der Waals surface area contributed by atoms with Crippen molar-refractivity contribution in [2.45, 2.75) is 11.8 Å². The molecular formula is C12H17NO2S. The molecule has 0 saturated carbocycles. The number of carbonyl (C=O) groups excluding carboxylic acids is 1. The summed E-state index contributed by atoms with van der Waals surface area (Å²) in [6.45, 7) is 3.76. The molecule has 1 aromatic rings. The number of hydrogen-bond acceptors (Lipinski definition) is 3. The highest BCUT2D eigenvalue weighted by Crippen LogP contribution is 2.14. The summed E-state index contributed by atoms with van der Waals surface area (Å²) in [7, 11) is 1.77. The van der Waals surface area contributed by atoms with Crippen LogP contribution in [0.3, 0.4) is 0 Å². The van der Waals surface area contributed by atoms with Crippen LogP contribution < -0.4 is 0 Å². The average Bonchev–Trinajstić information content (AvgIpc) is 2.29. The maximum atomic E-state index is 12.0. The molecule has 88 valence electrons. The number of carbonyl (C=O) groups is 1. The largest absolute Gasteiger partial charge is 0.380 e. The molecular weight excluding hydrogens is 222 g/mol. The molecule has 1 rings (SSSR count). The van der Waals surface area contributed by atoms with E-state index >= 15 is 0 Å². The van der Waals surface area contributed by atoms with E-state index in [2.05, 4.69) is 12.6 Å². The fourth-order valence-electron chi connectivity index (χ4n) is 1.31. The second-order valence-electron chi connectivity index (χ2n) is 3.44. The second-order valence-corrected chi connectivity index (χ2v) is 3.92. The summed E-state index contributed by atoms with van der Waals surface area (Å²) in [5.74, 6) is -0.0229. The van der Waals surface area contributed by atoms with Crippen molar-refractivity contribution in [3.05, 3.63) is 29.8 Å². The number of benzene rings is 1. The van der Waals surface area contributed by atoms with Crippen molar-refractivity contribution in [3.63, 3.8) is 0 Å². The third kappa shape index (κ3) is 3.54. The van der Waals surface area contributed by atoms with Crippen LogP contribution in [-0.2, 0) is 4.74 Å². The maximum absolute atomic E-state index is 12.0. The lowest BCUT2D eigenvalue weighted by Crippen LogP contribution is -2.30. The minimum atomic E-state index is -0.0229. The molecule has 0 aliphatic carbocycles. The summed E-state index contributed by atoms with van der Waals surface area (Å²) in [5.41, 5.74) is 0.629. The van der Waals surface area contributed by atoms with Crippen LogP contribution in [0, 0.1) is 0 Å². The Balaban J connectivity index is 2.60. The molecule has 0 saturated heterocycles. The first kappa shape index (κ1) is 13.1. The number of rotatable bonds is 5. The van der Waals surface area contributed by atoms with Crippen LogP contribution in [0.5, 0.6) is 0 Å². The van der Waals surface area contributed by atoms with E-state index in [0.29, 0.717) is 30.2 Å². The van der Waals surface area contributed by atoms with Crippen LogP contribution in [0.25, 0.3) is 0 Å². The van der Waals surface area contributed by atoms with Gasteiger partial charge in [0.25, 0.3) is 5.91 Å². The Morgan fingerprint density at radius 3 is 2.75 bits per heavy atom. The standard InChI is InChI=1S/C12H17NO2S/c1-3-15-9-8-13(2)12(14)10-6-4-5-7-11(10)16/h4-7,16H,3,8-9H2,1-2H3. The molecule has 1 amide bonds. The van der Waals surface area contributed by atoms with E-state index < -0.39 is 0 Å². The molecule has 0 fully saturated rings. The van der Waals surface area contributed by atoms with E-state index in [4.69, 9.17) is 4.74 Å². The fourth-order valence-corrected chi connectivity index (χ4v) is 1.56. The number of ether oxygens (including phenoxy) is 1. The quantitative estimate of drug-likeness (QED) is 0.630. The van der Waals surface area contributed by atoms with Crippen LogP contribution >= 0.6 is 12.6 Å². The molecule has 0 atom stereocenters.